The molecule has 170 valence electrons. The van der Waals surface area contributed by atoms with Crippen LogP contribution >= 0.6 is 23.2 Å². The lowest BCUT2D eigenvalue weighted by molar-refractivity contribution is -0.134. The van der Waals surface area contributed by atoms with Crippen molar-refractivity contribution in [1.29, 1.82) is 0 Å². The highest BCUT2D eigenvalue weighted by atomic mass is 35.5. The fraction of sp³-hybridized carbons (Fsp3) is 0.522. The Morgan fingerprint density at radius 2 is 1.81 bits per heavy atom. The van der Waals surface area contributed by atoms with Gasteiger partial charge in [-0.15, -0.1) is 0 Å². The summed E-state index contributed by atoms with van der Waals surface area (Å²) in [6, 6.07) is 7.04. The second-order valence-corrected chi connectivity index (χ2v) is 9.41. The van der Waals surface area contributed by atoms with Gasteiger partial charge in [0.25, 0.3) is 0 Å². The van der Waals surface area contributed by atoms with Crippen molar-refractivity contribution in [2.75, 3.05) is 18.4 Å². The Hall–Kier alpha value is -2.05. The molecule has 0 bridgehead atoms. The fourth-order valence-corrected chi connectivity index (χ4v) is 3.37. The van der Waals surface area contributed by atoms with Gasteiger partial charge >= 0.3 is 0 Å². The summed E-state index contributed by atoms with van der Waals surface area (Å²) >= 11 is 12.2. The zero-order valence-corrected chi connectivity index (χ0v) is 20.5. The van der Waals surface area contributed by atoms with E-state index in [1.807, 2.05) is 13.0 Å². The summed E-state index contributed by atoms with van der Waals surface area (Å²) < 4.78 is 1.64. The maximum absolute atomic E-state index is 12.8. The van der Waals surface area contributed by atoms with Crippen LogP contribution in [-0.4, -0.2) is 39.6 Å². The molecule has 2 aromatic rings. The third kappa shape index (κ3) is 6.97. The SMILES string of the molecule is CCCCCN(CC(=O)Nc1cc(C(C)(C)C)nn1-c1ccc(Cl)c(Cl)c1)C(=O)CC. The molecule has 0 aliphatic carbocycles. The van der Waals surface area contributed by atoms with Crippen LogP contribution in [0.4, 0.5) is 5.82 Å². The number of nitrogens with zero attached hydrogens (tertiary/aromatic N) is 3. The van der Waals surface area contributed by atoms with Crippen LogP contribution < -0.4 is 5.32 Å². The highest BCUT2D eigenvalue weighted by Crippen LogP contribution is 2.29. The van der Waals surface area contributed by atoms with E-state index in [1.165, 1.54) is 0 Å². The molecule has 0 saturated heterocycles. The molecule has 0 saturated carbocycles. The summed E-state index contributed by atoms with van der Waals surface area (Å²) in [7, 11) is 0. The van der Waals surface area contributed by atoms with Crippen molar-refractivity contribution in [2.45, 2.75) is 65.7 Å². The van der Waals surface area contributed by atoms with Gasteiger partial charge < -0.3 is 10.2 Å². The second-order valence-electron chi connectivity index (χ2n) is 8.60. The summed E-state index contributed by atoms with van der Waals surface area (Å²) in [6.07, 6.45) is 3.33. The quantitative estimate of drug-likeness (QED) is 0.471. The number of amides is 2. The maximum atomic E-state index is 12.8. The minimum atomic E-state index is -0.264. The molecule has 1 N–H and O–H groups in total. The van der Waals surface area contributed by atoms with Gasteiger partial charge in [-0.3, -0.25) is 9.59 Å². The highest BCUT2D eigenvalue weighted by Gasteiger charge is 2.23. The Morgan fingerprint density at radius 1 is 1.10 bits per heavy atom. The number of carbonyl (C=O) groups excluding carboxylic acids is 2. The molecule has 1 aromatic heterocycles. The number of anilines is 1. The number of hydrogen-bond donors (Lipinski definition) is 1. The van der Waals surface area contributed by atoms with Crippen molar-refractivity contribution >= 4 is 40.8 Å². The molecule has 0 spiro atoms. The van der Waals surface area contributed by atoms with Crippen molar-refractivity contribution in [1.82, 2.24) is 14.7 Å². The molecule has 1 heterocycles. The van der Waals surface area contributed by atoms with Gasteiger partial charge in [0.2, 0.25) is 11.8 Å². The van der Waals surface area contributed by atoms with Gasteiger partial charge in [-0.1, -0.05) is 70.7 Å². The Labute approximate surface area is 194 Å². The first kappa shape index (κ1) is 25.2. The van der Waals surface area contributed by atoms with Crippen LogP contribution in [-0.2, 0) is 15.0 Å². The molecule has 0 radical (unpaired) electrons. The summed E-state index contributed by atoms with van der Waals surface area (Å²) in [5, 5.41) is 8.46. The lowest BCUT2D eigenvalue weighted by Crippen LogP contribution is -2.38. The van der Waals surface area contributed by atoms with E-state index >= 15 is 0 Å². The normalized spacial score (nSPS) is 11.5. The van der Waals surface area contributed by atoms with Crippen LogP contribution in [0.5, 0.6) is 0 Å². The first-order chi connectivity index (χ1) is 14.6. The zero-order chi connectivity index (χ0) is 23.2. The van der Waals surface area contributed by atoms with Gasteiger partial charge in [0.15, 0.2) is 0 Å². The van der Waals surface area contributed by atoms with E-state index in [0.717, 1.165) is 25.0 Å². The van der Waals surface area contributed by atoms with Crippen LogP contribution in [0.15, 0.2) is 24.3 Å². The first-order valence-electron chi connectivity index (χ1n) is 10.7. The van der Waals surface area contributed by atoms with Crippen LogP contribution in [0, 0.1) is 0 Å². The van der Waals surface area contributed by atoms with E-state index in [2.05, 4.69) is 38.1 Å². The average Bonchev–Trinajstić information content (AvgIpc) is 3.13. The summed E-state index contributed by atoms with van der Waals surface area (Å²) in [5.74, 6) is 0.227. The molecule has 2 amide bonds. The minimum absolute atomic E-state index is 0.00773. The molecular weight excluding hydrogens is 435 g/mol. The molecule has 0 fully saturated rings. The van der Waals surface area contributed by atoms with Gasteiger partial charge in [-0.2, -0.15) is 5.10 Å². The highest BCUT2D eigenvalue weighted by molar-refractivity contribution is 6.42. The predicted octanol–water partition coefficient (Wildman–Crippen LogP) is 5.84. The molecule has 2 rings (SSSR count). The molecule has 0 unspecified atom stereocenters. The van der Waals surface area contributed by atoms with Gasteiger partial charge in [0, 0.05) is 24.4 Å². The summed E-state index contributed by atoms with van der Waals surface area (Å²) in [4.78, 5) is 26.8. The summed E-state index contributed by atoms with van der Waals surface area (Å²) in [6.45, 7) is 10.7. The Bertz CT molecular complexity index is 919. The Kier molecular flexibility index (Phi) is 8.95. The third-order valence-corrected chi connectivity index (χ3v) is 5.65. The Balaban J connectivity index is 2.29. The van der Waals surface area contributed by atoms with Crippen LogP contribution in [0.2, 0.25) is 10.0 Å². The molecule has 6 nitrogen and oxygen atoms in total. The number of hydrogen-bond acceptors (Lipinski definition) is 3. The number of aromatic nitrogens is 2. The largest absolute Gasteiger partial charge is 0.333 e. The van der Waals surface area contributed by atoms with E-state index in [-0.39, 0.29) is 23.8 Å². The van der Waals surface area contributed by atoms with Crippen molar-refractivity contribution < 1.29 is 9.59 Å². The number of nitrogens with one attached hydrogen (secondary N) is 1. The van der Waals surface area contributed by atoms with E-state index < -0.39 is 0 Å². The van der Waals surface area contributed by atoms with Crippen LogP contribution in [0.1, 0.15) is 66.0 Å². The third-order valence-electron chi connectivity index (χ3n) is 4.91. The molecule has 0 atom stereocenters. The van der Waals surface area contributed by atoms with Gasteiger partial charge in [-0.25, -0.2) is 4.68 Å². The zero-order valence-electron chi connectivity index (χ0n) is 19.0. The average molecular weight is 467 g/mol. The molecular formula is C23H32Cl2N4O2. The first-order valence-corrected chi connectivity index (χ1v) is 11.5. The fourth-order valence-electron chi connectivity index (χ4n) is 3.07. The molecule has 0 aliphatic heterocycles. The topological polar surface area (TPSA) is 67.2 Å². The van der Waals surface area contributed by atoms with Gasteiger partial charge in [-0.05, 0) is 24.6 Å². The predicted molar refractivity (Wildman–Crippen MR) is 127 cm³/mol. The van der Waals surface area contributed by atoms with E-state index in [4.69, 9.17) is 23.2 Å². The van der Waals surface area contributed by atoms with Gasteiger partial charge in [0.05, 0.1) is 28.0 Å². The number of benzene rings is 1. The second kappa shape index (κ2) is 11.0. The van der Waals surface area contributed by atoms with Crippen molar-refractivity contribution in [3.05, 3.63) is 40.0 Å². The monoisotopic (exact) mass is 466 g/mol. The molecule has 1 aromatic carbocycles. The van der Waals surface area contributed by atoms with Crippen molar-refractivity contribution in [2.24, 2.45) is 0 Å². The number of halogens is 2. The van der Waals surface area contributed by atoms with E-state index in [0.29, 0.717) is 34.5 Å². The van der Waals surface area contributed by atoms with Crippen LogP contribution in [0.25, 0.3) is 5.69 Å². The lowest BCUT2D eigenvalue weighted by Gasteiger charge is -2.21. The van der Waals surface area contributed by atoms with Crippen molar-refractivity contribution in [3.8, 4) is 5.69 Å². The smallest absolute Gasteiger partial charge is 0.245 e. The van der Waals surface area contributed by atoms with E-state index in [1.54, 1.807) is 27.8 Å². The number of unbranched alkanes of at least 4 members (excludes halogenated alkanes) is 2. The number of carbonyl (C=O) groups is 2. The molecule has 0 aliphatic rings. The molecule has 8 heteroatoms. The van der Waals surface area contributed by atoms with Crippen molar-refractivity contribution in [3.63, 3.8) is 0 Å². The van der Waals surface area contributed by atoms with E-state index in [9.17, 15) is 9.59 Å². The maximum Gasteiger partial charge on any atom is 0.245 e. The van der Waals surface area contributed by atoms with Gasteiger partial charge in [0.1, 0.15) is 5.82 Å². The number of rotatable bonds is 9. The lowest BCUT2D eigenvalue weighted by atomic mass is 9.92. The standard InChI is InChI=1S/C23H32Cl2N4O2/c1-6-8-9-12-28(22(31)7-2)15-21(30)26-20-14-19(23(3,4)5)27-29(20)16-10-11-17(24)18(25)13-16/h10-11,13-14H,6-9,12,15H2,1-5H3,(H,26,30). The molecule has 31 heavy (non-hydrogen) atoms. The minimum Gasteiger partial charge on any atom is -0.333 e. The summed E-state index contributed by atoms with van der Waals surface area (Å²) in [5.41, 5.74) is 1.29. The Morgan fingerprint density at radius 3 is 2.39 bits per heavy atom. The van der Waals surface area contributed by atoms with Crippen LogP contribution in [0.3, 0.4) is 0 Å².